The van der Waals surface area contributed by atoms with E-state index in [4.69, 9.17) is 4.42 Å². The molecule has 1 amide bonds. The molecule has 0 bridgehead atoms. The Balaban J connectivity index is 1.49. The van der Waals surface area contributed by atoms with Crippen molar-refractivity contribution in [3.63, 3.8) is 0 Å². The van der Waals surface area contributed by atoms with Gasteiger partial charge >= 0.3 is 0 Å². The molecule has 1 N–H and O–H groups in total. The lowest BCUT2D eigenvalue weighted by molar-refractivity contribution is -0.120. The minimum atomic E-state index is -3.09. The van der Waals surface area contributed by atoms with Gasteiger partial charge in [-0.3, -0.25) is 9.36 Å². The van der Waals surface area contributed by atoms with E-state index in [0.29, 0.717) is 29.7 Å². The largest absolute Gasteiger partial charge is 0.461 e. The summed E-state index contributed by atoms with van der Waals surface area (Å²) in [5, 5.41) is 12.0. The molecular formula is C20H22N4O4S2. The zero-order chi connectivity index (χ0) is 21.2. The highest BCUT2D eigenvalue weighted by Crippen LogP contribution is 2.26. The van der Waals surface area contributed by atoms with Crippen LogP contribution in [-0.2, 0) is 21.2 Å². The minimum Gasteiger partial charge on any atom is -0.461 e. The summed E-state index contributed by atoms with van der Waals surface area (Å²) < 4.78 is 30.9. The third kappa shape index (κ3) is 4.76. The average molecular weight is 447 g/mol. The van der Waals surface area contributed by atoms with Crippen LogP contribution in [0.2, 0.25) is 0 Å². The standard InChI is InChI=1S/C20H22N4O4S2/c1-20(9-11-30(26,27)14-20)21-17(25)13-29-19-23-22-18(16-8-5-10-28-16)24(19)12-15-6-3-2-4-7-15/h2-8,10H,9,11-14H2,1H3,(H,21,25)/t20-/m1/s1. The molecule has 2 aromatic heterocycles. The second-order valence-electron chi connectivity index (χ2n) is 7.59. The highest BCUT2D eigenvalue weighted by Gasteiger charge is 2.39. The monoisotopic (exact) mass is 446 g/mol. The zero-order valence-corrected chi connectivity index (χ0v) is 18.1. The first-order valence-electron chi connectivity index (χ1n) is 9.49. The fourth-order valence-corrected chi connectivity index (χ4v) is 6.33. The Morgan fingerprint density at radius 2 is 2.03 bits per heavy atom. The number of nitrogens with zero attached hydrogens (tertiary/aromatic N) is 3. The topological polar surface area (TPSA) is 107 Å². The van der Waals surface area contributed by atoms with E-state index in [1.54, 1.807) is 19.3 Å². The van der Waals surface area contributed by atoms with E-state index in [2.05, 4.69) is 15.5 Å². The molecule has 0 unspecified atom stereocenters. The summed E-state index contributed by atoms with van der Waals surface area (Å²) in [6.07, 6.45) is 2.01. The Labute approximate surface area is 179 Å². The predicted molar refractivity (Wildman–Crippen MR) is 114 cm³/mol. The molecule has 0 aliphatic carbocycles. The number of thioether (sulfide) groups is 1. The van der Waals surface area contributed by atoms with Crippen LogP contribution in [0, 0.1) is 0 Å². The lowest BCUT2D eigenvalue weighted by Gasteiger charge is -2.23. The van der Waals surface area contributed by atoms with Crippen molar-refractivity contribution in [3.8, 4) is 11.6 Å². The maximum atomic E-state index is 12.5. The second kappa shape index (κ2) is 8.27. The predicted octanol–water partition coefficient (Wildman–Crippen LogP) is 2.37. The van der Waals surface area contributed by atoms with E-state index in [9.17, 15) is 13.2 Å². The van der Waals surface area contributed by atoms with Crippen LogP contribution in [0.4, 0.5) is 0 Å². The molecular weight excluding hydrogens is 424 g/mol. The van der Waals surface area contributed by atoms with Crippen LogP contribution in [0.5, 0.6) is 0 Å². The van der Waals surface area contributed by atoms with Crippen molar-refractivity contribution < 1.29 is 17.6 Å². The number of aromatic nitrogens is 3. The number of rotatable bonds is 7. The number of carbonyl (C=O) groups is 1. The highest BCUT2D eigenvalue weighted by molar-refractivity contribution is 7.99. The van der Waals surface area contributed by atoms with Gasteiger partial charge in [-0.15, -0.1) is 10.2 Å². The molecule has 3 heterocycles. The Morgan fingerprint density at radius 1 is 1.23 bits per heavy atom. The molecule has 1 saturated heterocycles. The van der Waals surface area contributed by atoms with Crippen LogP contribution < -0.4 is 5.32 Å². The van der Waals surface area contributed by atoms with E-state index in [1.165, 1.54) is 11.8 Å². The summed E-state index contributed by atoms with van der Waals surface area (Å²) in [5.41, 5.74) is 0.355. The summed E-state index contributed by atoms with van der Waals surface area (Å²) >= 11 is 1.26. The van der Waals surface area contributed by atoms with Gasteiger partial charge in [0.2, 0.25) is 11.7 Å². The SMILES string of the molecule is C[C@@]1(NC(=O)CSc2nnc(-c3ccco3)n2Cc2ccccc2)CCS(=O)(=O)C1. The fourth-order valence-electron chi connectivity index (χ4n) is 3.50. The van der Waals surface area contributed by atoms with Crippen LogP contribution in [0.1, 0.15) is 18.9 Å². The van der Waals surface area contributed by atoms with Gasteiger partial charge < -0.3 is 9.73 Å². The average Bonchev–Trinajstić information content (AvgIpc) is 3.41. The van der Waals surface area contributed by atoms with Crippen molar-refractivity contribution in [2.45, 2.75) is 30.6 Å². The number of nitrogens with one attached hydrogen (secondary N) is 1. The van der Waals surface area contributed by atoms with Crippen LogP contribution in [-0.4, -0.2) is 51.9 Å². The van der Waals surface area contributed by atoms with Gasteiger partial charge in [-0.1, -0.05) is 42.1 Å². The van der Waals surface area contributed by atoms with E-state index in [1.807, 2.05) is 41.0 Å². The fraction of sp³-hybridized carbons (Fsp3) is 0.350. The van der Waals surface area contributed by atoms with E-state index in [-0.39, 0.29) is 23.2 Å². The lowest BCUT2D eigenvalue weighted by Crippen LogP contribution is -2.47. The first kappa shape index (κ1) is 20.7. The van der Waals surface area contributed by atoms with E-state index < -0.39 is 15.4 Å². The van der Waals surface area contributed by atoms with Crippen molar-refractivity contribution in [3.05, 3.63) is 54.3 Å². The van der Waals surface area contributed by atoms with Crippen LogP contribution in [0.25, 0.3) is 11.6 Å². The van der Waals surface area contributed by atoms with Gasteiger partial charge in [-0.05, 0) is 31.0 Å². The number of furan rings is 1. The van der Waals surface area contributed by atoms with Gasteiger partial charge in [0.1, 0.15) is 0 Å². The quantitative estimate of drug-likeness (QED) is 0.555. The molecule has 0 spiro atoms. The van der Waals surface area contributed by atoms with Crippen molar-refractivity contribution in [2.75, 3.05) is 17.3 Å². The van der Waals surface area contributed by atoms with Gasteiger partial charge in [-0.25, -0.2) is 8.42 Å². The number of amides is 1. The molecule has 8 nitrogen and oxygen atoms in total. The first-order valence-corrected chi connectivity index (χ1v) is 12.3. The molecule has 30 heavy (non-hydrogen) atoms. The maximum absolute atomic E-state index is 12.5. The summed E-state index contributed by atoms with van der Waals surface area (Å²) in [6, 6.07) is 13.5. The molecule has 1 aliphatic rings. The Bertz CT molecular complexity index is 1130. The molecule has 0 radical (unpaired) electrons. The summed E-state index contributed by atoms with van der Waals surface area (Å²) in [4.78, 5) is 12.5. The van der Waals surface area contributed by atoms with Gasteiger partial charge in [-0.2, -0.15) is 0 Å². The molecule has 3 aromatic rings. The Hall–Kier alpha value is -2.59. The van der Waals surface area contributed by atoms with E-state index >= 15 is 0 Å². The Morgan fingerprint density at radius 3 is 2.70 bits per heavy atom. The molecule has 158 valence electrons. The summed E-state index contributed by atoms with van der Waals surface area (Å²) in [5.74, 6) is 1.14. The Kier molecular flexibility index (Phi) is 5.70. The number of hydrogen-bond acceptors (Lipinski definition) is 7. The first-order chi connectivity index (χ1) is 14.3. The van der Waals surface area contributed by atoms with Gasteiger partial charge in [0.15, 0.2) is 20.8 Å². The smallest absolute Gasteiger partial charge is 0.230 e. The molecule has 10 heteroatoms. The second-order valence-corrected chi connectivity index (χ2v) is 10.7. The number of sulfone groups is 1. The van der Waals surface area contributed by atoms with Crippen molar-refractivity contribution in [1.82, 2.24) is 20.1 Å². The third-order valence-electron chi connectivity index (χ3n) is 4.92. The van der Waals surface area contributed by atoms with Gasteiger partial charge in [0, 0.05) is 0 Å². The molecule has 1 fully saturated rings. The number of carbonyl (C=O) groups excluding carboxylic acids is 1. The molecule has 0 saturated carbocycles. The number of hydrogen-bond donors (Lipinski definition) is 1. The van der Waals surface area contributed by atoms with Crippen molar-refractivity contribution >= 4 is 27.5 Å². The van der Waals surface area contributed by atoms with Crippen LogP contribution in [0.15, 0.2) is 58.3 Å². The number of benzene rings is 1. The van der Waals surface area contributed by atoms with Crippen LogP contribution >= 0.6 is 11.8 Å². The van der Waals surface area contributed by atoms with Crippen LogP contribution in [0.3, 0.4) is 0 Å². The molecule has 4 rings (SSSR count). The minimum absolute atomic E-state index is 0.0246. The van der Waals surface area contributed by atoms with Gasteiger partial charge in [0.05, 0.1) is 35.6 Å². The van der Waals surface area contributed by atoms with Crippen molar-refractivity contribution in [2.24, 2.45) is 0 Å². The van der Waals surface area contributed by atoms with Gasteiger partial charge in [0.25, 0.3) is 0 Å². The normalized spacial score (nSPS) is 20.3. The molecule has 1 aliphatic heterocycles. The molecule has 1 aromatic carbocycles. The van der Waals surface area contributed by atoms with E-state index in [0.717, 1.165) is 5.56 Å². The zero-order valence-electron chi connectivity index (χ0n) is 16.4. The highest BCUT2D eigenvalue weighted by atomic mass is 32.2. The summed E-state index contributed by atoms with van der Waals surface area (Å²) in [7, 11) is -3.09. The van der Waals surface area contributed by atoms with Crippen molar-refractivity contribution in [1.29, 1.82) is 0 Å². The lowest BCUT2D eigenvalue weighted by atomic mass is 10.0. The molecule has 1 atom stereocenters. The third-order valence-corrected chi connectivity index (χ3v) is 7.79. The summed E-state index contributed by atoms with van der Waals surface area (Å²) in [6.45, 7) is 2.30. The maximum Gasteiger partial charge on any atom is 0.230 e.